The third-order valence-electron chi connectivity index (χ3n) is 7.10. The number of nitrogens with one attached hydrogen (secondary N) is 1. The van der Waals surface area contributed by atoms with E-state index in [4.69, 9.17) is 11.6 Å². The molecule has 3 aliphatic heterocycles. The Bertz CT molecular complexity index is 1210. The zero-order chi connectivity index (χ0) is 24.6. The molecule has 2 aromatic heterocycles. The second-order valence-electron chi connectivity index (χ2n) is 9.55. The van der Waals surface area contributed by atoms with Crippen LogP contribution in [0, 0.1) is 0 Å². The topological polar surface area (TPSA) is 103 Å². The first-order valence-electron chi connectivity index (χ1n) is 12.2. The van der Waals surface area contributed by atoms with Crippen LogP contribution in [0.1, 0.15) is 38.5 Å². The number of hydrogen-bond donors (Lipinski definition) is 1. The average molecular weight is 540 g/mol. The molecule has 3 fully saturated rings. The van der Waals surface area contributed by atoms with E-state index >= 15 is 0 Å². The van der Waals surface area contributed by atoms with Gasteiger partial charge in [-0.05, 0) is 69.8 Å². The quantitative estimate of drug-likeness (QED) is 0.542. The molecule has 0 aliphatic carbocycles. The van der Waals surface area contributed by atoms with Gasteiger partial charge in [-0.1, -0.05) is 11.6 Å². The van der Waals surface area contributed by atoms with Gasteiger partial charge in [-0.25, -0.2) is 13.4 Å². The molecule has 35 heavy (non-hydrogen) atoms. The van der Waals surface area contributed by atoms with Gasteiger partial charge in [0, 0.05) is 25.7 Å². The normalized spacial score (nSPS) is 24.1. The molecule has 2 amide bonds. The Morgan fingerprint density at radius 1 is 1.11 bits per heavy atom. The van der Waals surface area contributed by atoms with Gasteiger partial charge in [0.2, 0.25) is 11.8 Å². The molecule has 1 N–H and O–H groups in total. The highest BCUT2D eigenvalue weighted by molar-refractivity contribution is 7.91. The predicted molar refractivity (Wildman–Crippen MR) is 135 cm³/mol. The molecule has 2 aromatic rings. The first kappa shape index (κ1) is 24.9. The summed E-state index contributed by atoms with van der Waals surface area (Å²) in [6.07, 6.45) is 5.44. The van der Waals surface area contributed by atoms with E-state index in [1.54, 1.807) is 12.1 Å². The van der Waals surface area contributed by atoms with E-state index in [0.29, 0.717) is 29.6 Å². The fraction of sp³-hybridized carbons (Fsp3) is 0.609. The second-order valence-corrected chi connectivity index (χ2v) is 13.0. The van der Waals surface area contributed by atoms with E-state index in [9.17, 15) is 18.0 Å². The third kappa shape index (κ3) is 5.48. The van der Waals surface area contributed by atoms with Crippen LogP contribution < -0.4 is 4.72 Å². The lowest BCUT2D eigenvalue weighted by atomic mass is 10.1. The minimum Gasteiger partial charge on any atom is -0.337 e. The van der Waals surface area contributed by atoms with Crippen molar-refractivity contribution in [3.8, 4) is 0 Å². The molecule has 190 valence electrons. The van der Waals surface area contributed by atoms with Crippen molar-refractivity contribution < 1.29 is 18.0 Å². The summed E-state index contributed by atoms with van der Waals surface area (Å²) in [4.78, 5) is 36.3. The van der Waals surface area contributed by atoms with Crippen LogP contribution in [0.5, 0.6) is 0 Å². The maximum Gasteiger partial charge on any atom is 0.250 e. The SMILES string of the molecule is O=C1C(NS(=O)(=O)c2cc3nc(Cl)ccc3s2)CCCN1CC(=O)N1CCCC1CN1CCCC1. The fourth-order valence-electron chi connectivity index (χ4n) is 5.33. The van der Waals surface area contributed by atoms with Gasteiger partial charge in [-0.3, -0.25) is 9.59 Å². The van der Waals surface area contributed by atoms with E-state index in [-0.39, 0.29) is 33.8 Å². The molecule has 9 nitrogen and oxygen atoms in total. The molecule has 0 aromatic carbocycles. The number of hydrogen-bond acceptors (Lipinski definition) is 7. The van der Waals surface area contributed by atoms with Crippen LogP contribution in [0.15, 0.2) is 22.4 Å². The largest absolute Gasteiger partial charge is 0.337 e. The van der Waals surface area contributed by atoms with Gasteiger partial charge in [-0.15, -0.1) is 11.3 Å². The first-order chi connectivity index (χ1) is 16.8. The molecule has 3 saturated heterocycles. The maximum absolute atomic E-state index is 13.2. The Hall–Kier alpha value is -1.79. The fourth-order valence-corrected chi connectivity index (χ4v) is 8.05. The summed E-state index contributed by atoms with van der Waals surface area (Å²) in [6.45, 7) is 4.26. The van der Waals surface area contributed by atoms with Gasteiger partial charge >= 0.3 is 0 Å². The number of sulfonamides is 1. The number of pyridine rings is 1. The number of piperidine rings is 1. The zero-order valence-corrected chi connectivity index (χ0v) is 21.9. The van der Waals surface area contributed by atoms with Gasteiger partial charge in [-0.2, -0.15) is 4.72 Å². The van der Waals surface area contributed by atoms with Crippen molar-refractivity contribution in [2.24, 2.45) is 0 Å². The summed E-state index contributed by atoms with van der Waals surface area (Å²) < 4.78 is 29.4. The number of thiophene rings is 1. The number of carbonyl (C=O) groups is 2. The van der Waals surface area contributed by atoms with Crippen LogP contribution in [0.4, 0.5) is 0 Å². The number of amides is 2. The average Bonchev–Trinajstić information content (AvgIpc) is 3.57. The molecule has 0 saturated carbocycles. The first-order valence-corrected chi connectivity index (χ1v) is 14.9. The molecular formula is C23H30ClN5O4S2. The highest BCUT2D eigenvalue weighted by Crippen LogP contribution is 2.29. The molecular weight excluding hydrogens is 510 g/mol. The Labute approximate surface area is 214 Å². The van der Waals surface area contributed by atoms with Gasteiger partial charge in [0.25, 0.3) is 10.0 Å². The summed E-state index contributed by atoms with van der Waals surface area (Å²) in [5.41, 5.74) is 0.499. The number of carbonyl (C=O) groups excluding carboxylic acids is 2. The summed E-state index contributed by atoms with van der Waals surface area (Å²) in [5, 5.41) is 0.288. The molecule has 0 radical (unpaired) electrons. The van der Waals surface area contributed by atoms with E-state index in [1.165, 1.54) is 23.8 Å². The number of fused-ring (bicyclic) bond motifs is 1. The molecule has 2 atom stereocenters. The van der Waals surface area contributed by atoms with Gasteiger partial charge in [0.05, 0.1) is 16.8 Å². The number of likely N-dealkylation sites (tertiary alicyclic amines) is 3. The second kappa shape index (κ2) is 10.3. The molecule has 12 heteroatoms. The number of aromatic nitrogens is 1. The monoisotopic (exact) mass is 539 g/mol. The van der Waals surface area contributed by atoms with Crippen molar-refractivity contribution in [2.45, 2.75) is 54.8 Å². The van der Waals surface area contributed by atoms with Crippen molar-refractivity contribution >= 4 is 55.0 Å². The lowest BCUT2D eigenvalue weighted by molar-refractivity contribution is -0.143. The summed E-state index contributed by atoms with van der Waals surface area (Å²) in [6, 6.07) is 4.12. The van der Waals surface area contributed by atoms with E-state index in [2.05, 4.69) is 14.6 Å². The Morgan fingerprint density at radius 3 is 2.69 bits per heavy atom. The molecule has 3 aliphatic rings. The van der Waals surface area contributed by atoms with E-state index < -0.39 is 16.1 Å². The predicted octanol–water partition coefficient (Wildman–Crippen LogP) is 2.31. The van der Waals surface area contributed by atoms with Gasteiger partial charge in [0.15, 0.2) is 0 Å². The highest BCUT2D eigenvalue weighted by atomic mass is 35.5. The lowest BCUT2D eigenvalue weighted by Crippen LogP contribution is -2.55. The molecule has 2 unspecified atom stereocenters. The van der Waals surface area contributed by atoms with E-state index in [1.807, 2.05) is 4.90 Å². The number of rotatable bonds is 7. The van der Waals surface area contributed by atoms with Gasteiger partial charge in [0.1, 0.15) is 15.4 Å². The Kier molecular flexibility index (Phi) is 7.32. The zero-order valence-electron chi connectivity index (χ0n) is 19.5. The lowest BCUT2D eigenvalue weighted by Gasteiger charge is -2.34. The Morgan fingerprint density at radius 2 is 1.89 bits per heavy atom. The van der Waals surface area contributed by atoms with Crippen molar-refractivity contribution in [3.63, 3.8) is 0 Å². The minimum atomic E-state index is -3.92. The standard InChI is InChI=1S/C23H30ClN5O4S2/c24-20-8-7-19-18(25-20)13-22(34-19)35(32,33)26-17-6-4-11-28(23(17)31)15-21(30)29-12-3-5-16(29)14-27-9-1-2-10-27/h7-8,13,16-17,26H,1-6,9-12,14-15H2. The van der Waals surface area contributed by atoms with Crippen molar-refractivity contribution in [2.75, 3.05) is 39.3 Å². The minimum absolute atomic E-state index is 0.00112. The molecule has 0 bridgehead atoms. The smallest absolute Gasteiger partial charge is 0.250 e. The van der Waals surface area contributed by atoms with Crippen LogP contribution in [0.25, 0.3) is 10.2 Å². The number of halogens is 1. The van der Waals surface area contributed by atoms with Crippen LogP contribution in [-0.2, 0) is 19.6 Å². The molecule has 5 rings (SSSR count). The van der Waals surface area contributed by atoms with Crippen LogP contribution in [-0.4, -0.2) is 91.3 Å². The molecule has 0 spiro atoms. The van der Waals surface area contributed by atoms with Crippen LogP contribution >= 0.6 is 22.9 Å². The summed E-state index contributed by atoms with van der Waals surface area (Å²) in [5.74, 6) is -0.387. The Balaban J connectivity index is 1.22. The summed E-state index contributed by atoms with van der Waals surface area (Å²) in [7, 11) is -3.92. The van der Waals surface area contributed by atoms with Crippen molar-refractivity contribution in [1.82, 2.24) is 24.4 Å². The maximum atomic E-state index is 13.2. The van der Waals surface area contributed by atoms with Crippen molar-refractivity contribution in [3.05, 3.63) is 23.4 Å². The number of nitrogens with zero attached hydrogens (tertiary/aromatic N) is 4. The van der Waals surface area contributed by atoms with Crippen LogP contribution in [0.2, 0.25) is 5.15 Å². The van der Waals surface area contributed by atoms with E-state index in [0.717, 1.165) is 50.4 Å². The highest BCUT2D eigenvalue weighted by Gasteiger charge is 2.36. The summed E-state index contributed by atoms with van der Waals surface area (Å²) >= 11 is 7.00. The van der Waals surface area contributed by atoms with Crippen LogP contribution in [0.3, 0.4) is 0 Å². The van der Waals surface area contributed by atoms with Crippen molar-refractivity contribution in [1.29, 1.82) is 0 Å². The van der Waals surface area contributed by atoms with Gasteiger partial charge < -0.3 is 14.7 Å². The molecule has 5 heterocycles. The third-order valence-corrected chi connectivity index (χ3v) is 10.3.